The molecule has 0 aliphatic heterocycles. The Bertz CT molecular complexity index is 1160. The number of halogens is 2. The van der Waals surface area contributed by atoms with E-state index in [0.29, 0.717) is 5.69 Å². The molecular weight excluding hydrogens is 530 g/mol. The number of amides is 1. The first-order valence-electron chi connectivity index (χ1n) is 13.1. The van der Waals surface area contributed by atoms with Crippen LogP contribution in [0.2, 0.25) is 0 Å². The fourth-order valence-corrected chi connectivity index (χ4v) is 4.17. The lowest BCUT2D eigenvalue weighted by atomic mass is 10.1. The van der Waals surface area contributed by atoms with Crippen LogP contribution in [-0.4, -0.2) is 66.4 Å². The van der Waals surface area contributed by atoms with Crippen LogP contribution in [0.15, 0.2) is 52.3 Å². The molecule has 222 valence electrons. The normalized spacial score (nSPS) is 12.0. The third kappa shape index (κ3) is 11.4. The molecule has 8 nitrogen and oxygen atoms in total. The van der Waals surface area contributed by atoms with Crippen LogP contribution in [0.1, 0.15) is 67.7 Å². The SMILES string of the molecule is CC.CCC[C@@H](CC)N(C(=O)OC(C)(CF)CF)C(C)C.CS(=O)(=O)c1ccc(-n2ccc(O)cc2=O)cc1. The minimum absolute atomic E-state index is 0.0426. The number of ether oxygens (including phenoxy) is 1. The summed E-state index contributed by atoms with van der Waals surface area (Å²) in [6, 6.07) is 8.39. The quantitative estimate of drug-likeness (QED) is 0.369. The first kappa shape index (κ1) is 36.0. The molecule has 1 aromatic heterocycles. The number of nitrogens with zero attached hydrogens (tertiary/aromatic N) is 2. The van der Waals surface area contributed by atoms with Crippen molar-refractivity contribution in [3.63, 3.8) is 0 Å². The summed E-state index contributed by atoms with van der Waals surface area (Å²) in [5.74, 6) is -0.107. The Hall–Kier alpha value is -2.95. The Morgan fingerprint density at radius 3 is 2.03 bits per heavy atom. The van der Waals surface area contributed by atoms with Gasteiger partial charge in [0.15, 0.2) is 15.4 Å². The number of alkyl halides is 2. The molecule has 0 fully saturated rings. The minimum atomic E-state index is -3.25. The number of hydrogen-bond donors (Lipinski definition) is 1. The number of aromatic hydroxyl groups is 1. The van der Waals surface area contributed by atoms with Crippen molar-refractivity contribution < 1.29 is 31.8 Å². The number of pyridine rings is 1. The molecule has 1 N–H and O–H groups in total. The zero-order valence-electron chi connectivity index (χ0n) is 24.3. The molecule has 2 aromatic rings. The second-order valence-corrected chi connectivity index (χ2v) is 11.3. The fraction of sp³-hybridized carbons (Fsp3) is 0.571. The standard InChI is InChI=1S/C14H27F2NO2.C12H11NO4S.C2H6/c1-6-8-12(7-2)17(11(3)4)13(18)19-14(5,9-15)10-16;1-18(16,17)11-4-2-9(3-5-11)13-7-6-10(14)8-12(13)15;1-2/h11-12H,6-10H2,1-5H3;2-8,14H,1H3;1-2H3/t12-;;/m1../s1. The number of aromatic nitrogens is 1. The number of hydrogen-bond acceptors (Lipinski definition) is 6. The van der Waals surface area contributed by atoms with Crippen LogP contribution in [0.5, 0.6) is 5.75 Å². The molecule has 0 unspecified atom stereocenters. The van der Waals surface area contributed by atoms with Gasteiger partial charge in [-0.05, 0) is 63.9 Å². The average molecular weight is 575 g/mol. The van der Waals surface area contributed by atoms with Gasteiger partial charge in [0.1, 0.15) is 19.1 Å². The Balaban J connectivity index is 0.000000696. The molecule has 1 heterocycles. The largest absolute Gasteiger partial charge is 0.508 e. The van der Waals surface area contributed by atoms with Crippen molar-refractivity contribution in [3.05, 3.63) is 52.9 Å². The third-order valence-electron chi connectivity index (χ3n) is 5.60. The van der Waals surface area contributed by atoms with Gasteiger partial charge in [0, 0.05) is 36.3 Å². The minimum Gasteiger partial charge on any atom is -0.508 e. The summed E-state index contributed by atoms with van der Waals surface area (Å²) in [7, 11) is -3.25. The maximum absolute atomic E-state index is 12.8. The fourth-order valence-electron chi connectivity index (χ4n) is 3.54. The molecule has 0 radical (unpaired) electrons. The lowest BCUT2D eigenvalue weighted by Gasteiger charge is -2.36. The highest BCUT2D eigenvalue weighted by Crippen LogP contribution is 2.20. The van der Waals surface area contributed by atoms with Crippen molar-refractivity contribution in [2.75, 3.05) is 19.6 Å². The summed E-state index contributed by atoms with van der Waals surface area (Å²) < 4.78 is 54.4. The van der Waals surface area contributed by atoms with Crippen LogP contribution in [0.3, 0.4) is 0 Å². The van der Waals surface area contributed by atoms with Crippen LogP contribution in [-0.2, 0) is 14.6 Å². The zero-order valence-corrected chi connectivity index (χ0v) is 25.1. The van der Waals surface area contributed by atoms with Crippen LogP contribution >= 0.6 is 0 Å². The second-order valence-electron chi connectivity index (χ2n) is 9.30. The van der Waals surface area contributed by atoms with E-state index in [1.54, 1.807) is 4.90 Å². The lowest BCUT2D eigenvalue weighted by Crippen LogP contribution is -2.49. The van der Waals surface area contributed by atoms with E-state index < -0.39 is 34.9 Å². The molecule has 1 atom stereocenters. The molecule has 11 heteroatoms. The summed E-state index contributed by atoms with van der Waals surface area (Å²) in [5.41, 5.74) is -1.52. The van der Waals surface area contributed by atoms with Gasteiger partial charge in [-0.15, -0.1) is 0 Å². The highest BCUT2D eigenvalue weighted by Gasteiger charge is 2.34. The van der Waals surface area contributed by atoms with Crippen molar-refractivity contribution in [1.29, 1.82) is 0 Å². The first-order chi connectivity index (χ1) is 18.2. The molecule has 1 aromatic carbocycles. The molecule has 2 rings (SSSR count). The van der Waals surface area contributed by atoms with Gasteiger partial charge >= 0.3 is 6.09 Å². The van der Waals surface area contributed by atoms with Crippen molar-refractivity contribution in [2.45, 2.75) is 90.3 Å². The molecule has 0 saturated heterocycles. The van der Waals surface area contributed by atoms with Crippen LogP contribution in [0.4, 0.5) is 13.6 Å². The number of rotatable bonds is 10. The molecule has 0 aliphatic rings. The van der Waals surface area contributed by atoms with Crippen molar-refractivity contribution in [1.82, 2.24) is 9.47 Å². The summed E-state index contributed by atoms with van der Waals surface area (Å²) in [6.07, 6.45) is 4.50. The Kier molecular flexibility index (Phi) is 15.6. The van der Waals surface area contributed by atoms with Gasteiger partial charge in [-0.1, -0.05) is 34.1 Å². The van der Waals surface area contributed by atoms with E-state index in [2.05, 4.69) is 0 Å². The molecule has 0 saturated carbocycles. The first-order valence-corrected chi connectivity index (χ1v) is 15.0. The Labute approximate surface area is 231 Å². The van der Waals surface area contributed by atoms with Gasteiger partial charge in [0.2, 0.25) is 0 Å². The maximum atomic E-state index is 12.8. The highest BCUT2D eigenvalue weighted by molar-refractivity contribution is 7.90. The number of benzene rings is 1. The lowest BCUT2D eigenvalue weighted by molar-refractivity contribution is -0.0377. The number of carbonyl (C=O) groups is 1. The van der Waals surface area contributed by atoms with Gasteiger partial charge in [-0.2, -0.15) is 0 Å². The highest BCUT2D eigenvalue weighted by atomic mass is 32.2. The average Bonchev–Trinajstić information content (AvgIpc) is 2.89. The second kappa shape index (κ2) is 16.9. The molecule has 0 bridgehead atoms. The van der Waals surface area contributed by atoms with Crippen LogP contribution in [0, 0.1) is 0 Å². The van der Waals surface area contributed by atoms with Gasteiger partial charge in [0.05, 0.1) is 4.90 Å². The molecule has 0 spiro atoms. The molecule has 1 amide bonds. The molecule has 0 aliphatic carbocycles. The third-order valence-corrected chi connectivity index (χ3v) is 6.73. The van der Waals surface area contributed by atoms with E-state index in [1.165, 1.54) is 48.0 Å². The van der Waals surface area contributed by atoms with E-state index in [1.807, 2.05) is 41.5 Å². The number of carbonyl (C=O) groups excluding carboxylic acids is 1. The monoisotopic (exact) mass is 574 g/mol. The smallest absolute Gasteiger partial charge is 0.410 e. The van der Waals surface area contributed by atoms with E-state index >= 15 is 0 Å². The van der Waals surface area contributed by atoms with E-state index in [4.69, 9.17) is 9.84 Å². The van der Waals surface area contributed by atoms with Crippen molar-refractivity contribution in [3.8, 4) is 11.4 Å². The molecular formula is C28H44F2N2O6S. The van der Waals surface area contributed by atoms with Gasteiger partial charge in [-0.25, -0.2) is 22.0 Å². The predicted molar refractivity (Wildman–Crippen MR) is 151 cm³/mol. The Morgan fingerprint density at radius 1 is 1.10 bits per heavy atom. The van der Waals surface area contributed by atoms with Crippen molar-refractivity contribution >= 4 is 15.9 Å². The topological polar surface area (TPSA) is 106 Å². The predicted octanol–water partition coefficient (Wildman–Crippen LogP) is 6.08. The van der Waals surface area contributed by atoms with Crippen LogP contribution < -0.4 is 5.56 Å². The van der Waals surface area contributed by atoms with E-state index in [0.717, 1.165) is 31.6 Å². The maximum Gasteiger partial charge on any atom is 0.410 e. The summed E-state index contributed by atoms with van der Waals surface area (Å²) >= 11 is 0. The van der Waals surface area contributed by atoms with Crippen LogP contribution in [0.25, 0.3) is 5.69 Å². The van der Waals surface area contributed by atoms with E-state index in [-0.39, 0.29) is 28.3 Å². The Morgan fingerprint density at radius 2 is 1.64 bits per heavy atom. The molecule has 39 heavy (non-hydrogen) atoms. The summed E-state index contributed by atoms with van der Waals surface area (Å²) in [4.78, 5) is 25.6. The van der Waals surface area contributed by atoms with Gasteiger partial charge < -0.3 is 14.7 Å². The summed E-state index contributed by atoms with van der Waals surface area (Å²) in [6.45, 7) is 11.0. The van der Waals surface area contributed by atoms with Crippen molar-refractivity contribution in [2.24, 2.45) is 0 Å². The van der Waals surface area contributed by atoms with E-state index in [9.17, 15) is 26.8 Å². The summed E-state index contributed by atoms with van der Waals surface area (Å²) in [5, 5.41) is 9.14. The zero-order chi connectivity index (χ0) is 30.4. The number of sulfone groups is 1. The van der Waals surface area contributed by atoms with Gasteiger partial charge in [0.25, 0.3) is 5.56 Å². The van der Waals surface area contributed by atoms with Gasteiger partial charge in [-0.3, -0.25) is 9.36 Å².